The van der Waals surface area contributed by atoms with Crippen molar-refractivity contribution in [3.63, 3.8) is 0 Å². The minimum Gasteiger partial charge on any atom is -0.312 e. The maximum Gasteiger partial charge on any atom is 0.0798 e. The van der Waals surface area contributed by atoms with Crippen LogP contribution in [-0.2, 0) is 6.54 Å². The van der Waals surface area contributed by atoms with Gasteiger partial charge >= 0.3 is 0 Å². The van der Waals surface area contributed by atoms with E-state index in [1.54, 1.807) is 11.3 Å². The van der Waals surface area contributed by atoms with Gasteiger partial charge < -0.3 is 5.32 Å². The molecule has 0 bridgehead atoms. The molecule has 2 nitrogen and oxygen atoms in total. The predicted octanol–water partition coefficient (Wildman–Crippen LogP) is 2.37. The Morgan fingerprint density at radius 1 is 1.62 bits per heavy atom. The molecule has 0 aromatic carbocycles. The average molecular weight is 219 g/mol. The quantitative estimate of drug-likeness (QED) is 0.840. The summed E-state index contributed by atoms with van der Waals surface area (Å²) in [6.45, 7) is 4.27. The molecule has 1 heterocycles. The maximum absolute atomic E-state index is 4.21. The number of hydrogen-bond acceptors (Lipinski definition) is 3. The van der Waals surface area contributed by atoms with Crippen molar-refractivity contribution in [3.05, 3.63) is 16.1 Å². The molecule has 1 N–H and O–H groups in total. The SMILES string of the molecule is Cc1ncsc1CNCC1CC1.Cl. The minimum atomic E-state index is 0. The highest BCUT2D eigenvalue weighted by atomic mass is 35.5. The molecule has 74 valence electrons. The summed E-state index contributed by atoms with van der Waals surface area (Å²) in [5.74, 6) is 0.971. The number of halogens is 1. The van der Waals surface area contributed by atoms with Crippen LogP contribution in [0.25, 0.3) is 0 Å². The van der Waals surface area contributed by atoms with Crippen LogP contribution < -0.4 is 5.32 Å². The molecule has 1 fully saturated rings. The summed E-state index contributed by atoms with van der Waals surface area (Å²) < 4.78 is 0. The van der Waals surface area contributed by atoms with E-state index in [1.807, 2.05) is 5.51 Å². The fraction of sp³-hybridized carbons (Fsp3) is 0.667. The Hall–Kier alpha value is -0.120. The van der Waals surface area contributed by atoms with Gasteiger partial charge in [0, 0.05) is 11.4 Å². The van der Waals surface area contributed by atoms with Crippen LogP contribution in [0.1, 0.15) is 23.4 Å². The number of rotatable bonds is 4. The van der Waals surface area contributed by atoms with Crippen molar-refractivity contribution in [2.24, 2.45) is 5.92 Å². The summed E-state index contributed by atoms with van der Waals surface area (Å²) in [5, 5.41) is 3.46. The first-order valence-corrected chi connectivity index (χ1v) is 5.34. The molecular formula is C9H15ClN2S. The van der Waals surface area contributed by atoms with E-state index in [0.717, 1.165) is 12.5 Å². The highest BCUT2D eigenvalue weighted by Gasteiger charge is 2.20. The molecule has 0 radical (unpaired) electrons. The largest absolute Gasteiger partial charge is 0.312 e. The molecule has 0 amide bonds. The van der Waals surface area contributed by atoms with E-state index in [1.165, 1.54) is 30.0 Å². The monoisotopic (exact) mass is 218 g/mol. The molecule has 1 aromatic heterocycles. The summed E-state index contributed by atoms with van der Waals surface area (Å²) in [6, 6.07) is 0. The first-order valence-electron chi connectivity index (χ1n) is 4.46. The van der Waals surface area contributed by atoms with Gasteiger partial charge in [-0.2, -0.15) is 0 Å². The van der Waals surface area contributed by atoms with Crippen LogP contribution >= 0.6 is 23.7 Å². The Morgan fingerprint density at radius 3 is 2.92 bits per heavy atom. The van der Waals surface area contributed by atoms with Gasteiger partial charge in [0.05, 0.1) is 11.2 Å². The summed E-state index contributed by atoms with van der Waals surface area (Å²) >= 11 is 1.75. The predicted molar refractivity (Wildman–Crippen MR) is 58.5 cm³/mol. The highest BCUT2D eigenvalue weighted by molar-refractivity contribution is 7.09. The highest BCUT2D eigenvalue weighted by Crippen LogP contribution is 2.27. The molecule has 2 rings (SSSR count). The standard InChI is InChI=1S/C9H14N2S.ClH/c1-7-9(12-6-11-7)5-10-4-8-2-3-8;/h6,8,10H,2-5H2,1H3;1H. The lowest BCUT2D eigenvalue weighted by Crippen LogP contribution is -2.15. The molecule has 0 spiro atoms. The summed E-state index contributed by atoms with van der Waals surface area (Å²) in [7, 11) is 0. The first-order chi connectivity index (χ1) is 5.86. The Labute approximate surface area is 89.2 Å². The molecule has 13 heavy (non-hydrogen) atoms. The zero-order valence-corrected chi connectivity index (χ0v) is 9.38. The summed E-state index contributed by atoms with van der Waals surface area (Å²) in [5.41, 5.74) is 3.10. The smallest absolute Gasteiger partial charge is 0.0798 e. The molecule has 1 aromatic rings. The number of nitrogens with one attached hydrogen (secondary N) is 1. The number of aryl methyl sites for hydroxylation is 1. The van der Waals surface area contributed by atoms with Gasteiger partial charge in [-0.1, -0.05) is 0 Å². The number of nitrogens with zero attached hydrogens (tertiary/aromatic N) is 1. The van der Waals surface area contributed by atoms with E-state index in [2.05, 4.69) is 17.2 Å². The fourth-order valence-corrected chi connectivity index (χ4v) is 1.95. The topological polar surface area (TPSA) is 24.9 Å². The van der Waals surface area contributed by atoms with Crippen molar-refractivity contribution in [1.29, 1.82) is 0 Å². The van der Waals surface area contributed by atoms with Gasteiger partial charge in [0.15, 0.2) is 0 Å². The normalized spacial score (nSPS) is 15.5. The lowest BCUT2D eigenvalue weighted by atomic mass is 10.3. The molecule has 1 aliphatic rings. The summed E-state index contributed by atoms with van der Waals surface area (Å²) in [6.07, 6.45) is 2.85. The lowest BCUT2D eigenvalue weighted by Gasteiger charge is -2.00. The van der Waals surface area contributed by atoms with Crippen molar-refractivity contribution in [3.8, 4) is 0 Å². The van der Waals surface area contributed by atoms with Crippen LogP contribution in [0.3, 0.4) is 0 Å². The zero-order valence-electron chi connectivity index (χ0n) is 7.75. The third kappa shape index (κ3) is 3.25. The van der Waals surface area contributed by atoms with Crippen molar-refractivity contribution < 1.29 is 0 Å². The van der Waals surface area contributed by atoms with Crippen LogP contribution in [-0.4, -0.2) is 11.5 Å². The molecule has 0 aliphatic heterocycles. The third-order valence-electron chi connectivity index (χ3n) is 2.26. The fourth-order valence-electron chi connectivity index (χ4n) is 1.21. The second kappa shape index (κ2) is 4.94. The van der Waals surface area contributed by atoms with Gasteiger partial charge in [0.25, 0.3) is 0 Å². The van der Waals surface area contributed by atoms with Gasteiger partial charge in [-0.25, -0.2) is 4.98 Å². The minimum absolute atomic E-state index is 0. The van der Waals surface area contributed by atoms with Crippen LogP contribution in [0, 0.1) is 12.8 Å². The van der Waals surface area contributed by atoms with Crippen LogP contribution in [0.2, 0.25) is 0 Å². The van der Waals surface area contributed by atoms with Gasteiger partial charge in [0.2, 0.25) is 0 Å². The van der Waals surface area contributed by atoms with E-state index in [0.29, 0.717) is 0 Å². The molecule has 0 atom stereocenters. The van der Waals surface area contributed by atoms with E-state index in [-0.39, 0.29) is 12.4 Å². The summed E-state index contributed by atoms with van der Waals surface area (Å²) in [4.78, 5) is 5.59. The maximum atomic E-state index is 4.21. The van der Waals surface area contributed by atoms with E-state index in [4.69, 9.17) is 0 Å². The van der Waals surface area contributed by atoms with E-state index < -0.39 is 0 Å². The molecule has 1 saturated carbocycles. The number of thiazole rings is 1. The van der Waals surface area contributed by atoms with Crippen LogP contribution in [0.5, 0.6) is 0 Å². The molecular weight excluding hydrogens is 204 g/mol. The number of hydrogen-bond donors (Lipinski definition) is 1. The van der Waals surface area contributed by atoms with Crippen molar-refractivity contribution >= 4 is 23.7 Å². The Balaban J connectivity index is 0.000000845. The Kier molecular flexibility index (Phi) is 4.16. The van der Waals surface area contributed by atoms with Crippen molar-refractivity contribution in [2.75, 3.05) is 6.54 Å². The van der Waals surface area contributed by atoms with Crippen LogP contribution in [0.4, 0.5) is 0 Å². The van der Waals surface area contributed by atoms with Crippen LogP contribution in [0.15, 0.2) is 5.51 Å². The van der Waals surface area contributed by atoms with Gasteiger partial charge in [-0.3, -0.25) is 0 Å². The molecule has 0 saturated heterocycles. The van der Waals surface area contributed by atoms with Gasteiger partial charge in [-0.05, 0) is 32.2 Å². The van der Waals surface area contributed by atoms with Crippen molar-refractivity contribution in [1.82, 2.24) is 10.3 Å². The van der Waals surface area contributed by atoms with E-state index >= 15 is 0 Å². The van der Waals surface area contributed by atoms with Crippen molar-refractivity contribution in [2.45, 2.75) is 26.3 Å². The van der Waals surface area contributed by atoms with Gasteiger partial charge in [0.1, 0.15) is 0 Å². The second-order valence-corrected chi connectivity index (χ2v) is 4.37. The second-order valence-electron chi connectivity index (χ2n) is 3.44. The lowest BCUT2D eigenvalue weighted by molar-refractivity contribution is 0.641. The number of aromatic nitrogens is 1. The molecule has 0 unspecified atom stereocenters. The molecule has 1 aliphatic carbocycles. The zero-order chi connectivity index (χ0) is 8.39. The van der Waals surface area contributed by atoms with Gasteiger partial charge in [-0.15, -0.1) is 23.7 Å². The average Bonchev–Trinajstić information content (AvgIpc) is 2.78. The Morgan fingerprint density at radius 2 is 2.38 bits per heavy atom. The Bertz CT molecular complexity index is 258. The molecule has 4 heteroatoms. The third-order valence-corrected chi connectivity index (χ3v) is 3.20. The van der Waals surface area contributed by atoms with E-state index in [9.17, 15) is 0 Å². The first kappa shape index (κ1) is 11.0.